The Balaban J connectivity index is 2.24. The lowest BCUT2D eigenvalue weighted by Crippen LogP contribution is -2.07. The second kappa shape index (κ2) is 4.78. The van der Waals surface area contributed by atoms with E-state index in [2.05, 4.69) is 4.98 Å². The first-order chi connectivity index (χ1) is 8.18. The normalized spacial score (nSPS) is 10.2. The second-order valence-electron chi connectivity index (χ2n) is 3.98. The molecule has 1 aromatic heterocycles. The van der Waals surface area contributed by atoms with Gasteiger partial charge in [0.2, 0.25) is 0 Å². The molecule has 0 saturated carbocycles. The average molecular weight is 226 g/mol. The molecule has 0 aliphatic rings. The molecule has 0 amide bonds. The minimum atomic E-state index is 0.0843. The molecular formula is C14H14N2O. The van der Waals surface area contributed by atoms with Crippen LogP contribution >= 0.6 is 0 Å². The van der Waals surface area contributed by atoms with Gasteiger partial charge in [0.1, 0.15) is 0 Å². The fourth-order valence-corrected chi connectivity index (χ4v) is 1.74. The largest absolute Gasteiger partial charge is 0.398 e. The Bertz CT molecular complexity index is 535. The molecule has 0 spiro atoms. The first-order valence-electron chi connectivity index (χ1n) is 5.45. The summed E-state index contributed by atoms with van der Waals surface area (Å²) in [5, 5.41) is 0. The van der Waals surface area contributed by atoms with Crippen molar-refractivity contribution in [2.45, 2.75) is 13.3 Å². The zero-order valence-electron chi connectivity index (χ0n) is 9.68. The molecule has 0 radical (unpaired) electrons. The Morgan fingerprint density at radius 3 is 2.65 bits per heavy atom. The summed E-state index contributed by atoms with van der Waals surface area (Å²) >= 11 is 0. The van der Waals surface area contributed by atoms with Gasteiger partial charge in [-0.3, -0.25) is 9.78 Å². The number of Topliss-reactive ketones (excluding diaryl/α,β-unsaturated/α-hetero) is 1. The maximum Gasteiger partial charge on any atom is 0.167 e. The first-order valence-corrected chi connectivity index (χ1v) is 5.45. The molecule has 0 atom stereocenters. The highest BCUT2D eigenvalue weighted by atomic mass is 16.1. The van der Waals surface area contributed by atoms with E-state index in [1.54, 1.807) is 18.5 Å². The molecule has 0 saturated heterocycles. The van der Waals surface area contributed by atoms with E-state index in [0.29, 0.717) is 17.7 Å². The van der Waals surface area contributed by atoms with Crippen LogP contribution in [0.3, 0.4) is 0 Å². The van der Waals surface area contributed by atoms with Crippen LogP contribution in [0.5, 0.6) is 0 Å². The van der Waals surface area contributed by atoms with Crippen LogP contribution in [0.25, 0.3) is 0 Å². The van der Waals surface area contributed by atoms with Gasteiger partial charge in [-0.1, -0.05) is 12.1 Å². The van der Waals surface area contributed by atoms with Gasteiger partial charge in [-0.15, -0.1) is 0 Å². The summed E-state index contributed by atoms with van der Waals surface area (Å²) in [5.74, 6) is 0.0843. The highest BCUT2D eigenvalue weighted by Crippen LogP contribution is 2.17. The number of rotatable bonds is 3. The third kappa shape index (κ3) is 2.50. The van der Waals surface area contributed by atoms with Crippen molar-refractivity contribution in [3.05, 3.63) is 59.4 Å². The van der Waals surface area contributed by atoms with Crippen LogP contribution in [0.15, 0.2) is 42.7 Å². The van der Waals surface area contributed by atoms with E-state index in [0.717, 1.165) is 11.1 Å². The van der Waals surface area contributed by atoms with Gasteiger partial charge < -0.3 is 5.73 Å². The highest BCUT2D eigenvalue weighted by Gasteiger charge is 2.10. The monoisotopic (exact) mass is 226 g/mol. The number of nitrogen functional groups attached to an aromatic ring is 1. The summed E-state index contributed by atoms with van der Waals surface area (Å²) in [7, 11) is 0. The van der Waals surface area contributed by atoms with Crippen LogP contribution in [0.2, 0.25) is 0 Å². The molecule has 0 aliphatic heterocycles. The minimum Gasteiger partial charge on any atom is -0.398 e. The maximum atomic E-state index is 12.1. The molecule has 2 aromatic rings. The van der Waals surface area contributed by atoms with Gasteiger partial charge in [-0.2, -0.15) is 0 Å². The van der Waals surface area contributed by atoms with Crippen molar-refractivity contribution < 1.29 is 4.79 Å². The number of aromatic nitrogens is 1. The number of anilines is 1. The van der Waals surface area contributed by atoms with Crippen LogP contribution in [0.4, 0.5) is 5.69 Å². The molecule has 0 aliphatic carbocycles. The van der Waals surface area contributed by atoms with E-state index >= 15 is 0 Å². The number of hydrogen-bond donors (Lipinski definition) is 1. The van der Waals surface area contributed by atoms with Gasteiger partial charge in [-0.05, 0) is 36.2 Å². The van der Waals surface area contributed by atoms with Crippen molar-refractivity contribution in [3.8, 4) is 0 Å². The first kappa shape index (κ1) is 11.3. The highest BCUT2D eigenvalue weighted by molar-refractivity contribution is 5.99. The number of carbonyl (C=O) groups is 1. The van der Waals surface area contributed by atoms with Crippen LogP contribution in [-0.4, -0.2) is 10.8 Å². The predicted molar refractivity (Wildman–Crippen MR) is 67.9 cm³/mol. The SMILES string of the molecule is Cc1c(N)cccc1C(=O)Cc1ccncc1. The number of hydrogen-bond acceptors (Lipinski definition) is 3. The van der Waals surface area contributed by atoms with Gasteiger partial charge in [0.25, 0.3) is 0 Å². The number of benzene rings is 1. The fraction of sp³-hybridized carbons (Fsp3) is 0.143. The lowest BCUT2D eigenvalue weighted by molar-refractivity contribution is 0.0992. The van der Waals surface area contributed by atoms with Crippen molar-refractivity contribution in [3.63, 3.8) is 0 Å². The number of carbonyl (C=O) groups excluding carboxylic acids is 1. The number of nitrogens with zero attached hydrogens (tertiary/aromatic N) is 1. The van der Waals surface area contributed by atoms with Crippen molar-refractivity contribution in [2.75, 3.05) is 5.73 Å². The Kier molecular flexibility index (Phi) is 3.19. The third-order valence-corrected chi connectivity index (χ3v) is 2.79. The van der Waals surface area contributed by atoms with E-state index < -0.39 is 0 Å². The fourth-order valence-electron chi connectivity index (χ4n) is 1.74. The van der Waals surface area contributed by atoms with E-state index in [4.69, 9.17) is 5.73 Å². The lowest BCUT2D eigenvalue weighted by atomic mass is 9.99. The molecule has 1 aromatic carbocycles. The molecule has 17 heavy (non-hydrogen) atoms. The van der Waals surface area contributed by atoms with Gasteiger partial charge in [0.15, 0.2) is 5.78 Å². The number of nitrogens with two attached hydrogens (primary N) is 1. The molecular weight excluding hydrogens is 212 g/mol. The summed E-state index contributed by atoms with van der Waals surface area (Å²) in [6, 6.07) is 9.12. The molecule has 3 nitrogen and oxygen atoms in total. The van der Waals surface area contributed by atoms with Crippen molar-refractivity contribution in [2.24, 2.45) is 0 Å². The minimum absolute atomic E-state index is 0.0843. The van der Waals surface area contributed by atoms with Gasteiger partial charge in [0.05, 0.1) is 0 Å². The molecule has 86 valence electrons. The van der Waals surface area contributed by atoms with E-state index in [-0.39, 0.29) is 5.78 Å². The maximum absolute atomic E-state index is 12.1. The van der Waals surface area contributed by atoms with Crippen molar-refractivity contribution in [1.29, 1.82) is 0 Å². The molecule has 1 heterocycles. The summed E-state index contributed by atoms with van der Waals surface area (Å²) in [4.78, 5) is 16.0. The van der Waals surface area contributed by atoms with Crippen molar-refractivity contribution in [1.82, 2.24) is 4.98 Å². The van der Waals surface area contributed by atoms with Crippen LogP contribution in [0.1, 0.15) is 21.5 Å². The van der Waals surface area contributed by atoms with E-state index in [1.807, 2.05) is 31.2 Å². The molecule has 2 rings (SSSR count). The van der Waals surface area contributed by atoms with Crippen molar-refractivity contribution >= 4 is 11.5 Å². The van der Waals surface area contributed by atoms with Crippen LogP contribution < -0.4 is 5.73 Å². The predicted octanol–water partition coefficient (Wildman–Crippen LogP) is 2.40. The molecule has 0 fully saturated rings. The topological polar surface area (TPSA) is 56.0 Å². The zero-order valence-corrected chi connectivity index (χ0v) is 9.68. The zero-order chi connectivity index (χ0) is 12.3. The van der Waals surface area contributed by atoms with Crippen LogP contribution in [0, 0.1) is 6.92 Å². The Morgan fingerprint density at radius 1 is 1.24 bits per heavy atom. The summed E-state index contributed by atoms with van der Waals surface area (Å²) in [6.45, 7) is 1.87. The lowest BCUT2D eigenvalue weighted by Gasteiger charge is -2.07. The summed E-state index contributed by atoms with van der Waals surface area (Å²) in [5.41, 5.74) is 8.96. The van der Waals surface area contributed by atoms with Gasteiger partial charge in [-0.25, -0.2) is 0 Å². The Morgan fingerprint density at radius 2 is 1.94 bits per heavy atom. The Hall–Kier alpha value is -2.16. The third-order valence-electron chi connectivity index (χ3n) is 2.79. The van der Waals surface area contributed by atoms with Gasteiger partial charge >= 0.3 is 0 Å². The van der Waals surface area contributed by atoms with E-state index in [9.17, 15) is 4.79 Å². The van der Waals surface area contributed by atoms with E-state index in [1.165, 1.54) is 0 Å². The molecule has 0 bridgehead atoms. The van der Waals surface area contributed by atoms with Crippen LogP contribution in [-0.2, 0) is 6.42 Å². The summed E-state index contributed by atoms with van der Waals surface area (Å²) < 4.78 is 0. The number of pyridine rings is 1. The summed E-state index contributed by atoms with van der Waals surface area (Å²) in [6.07, 6.45) is 3.76. The molecule has 3 heteroatoms. The molecule has 2 N–H and O–H groups in total. The second-order valence-corrected chi connectivity index (χ2v) is 3.98. The smallest absolute Gasteiger partial charge is 0.167 e. The average Bonchev–Trinajstić information content (AvgIpc) is 2.34. The number of ketones is 1. The Labute approximate surface area is 100 Å². The molecule has 0 unspecified atom stereocenters. The quantitative estimate of drug-likeness (QED) is 0.645. The standard InChI is InChI=1S/C14H14N2O/c1-10-12(3-2-4-13(10)15)14(17)9-11-5-7-16-8-6-11/h2-8H,9,15H2,1H3. The van der Waals surface area contributed by atoms with Gasteiger partial charge in [0, 0.05) is 30.1 Å².